The van der Waals surface area contributed by atoms with Crippen LogP contribution in [0.2, 0.25) is 0 Å². The highest BCUT2D eigenvalue weighted by Gasteiger charge is 2.17. The molecule has 2 rings (SSSR count). The number of thiophene rings is 1. The zero-order chi connectivity index (χ0) is 15.3. The van der Waals surface area contributed by atoms with Crippen molar-refractivity contribution in [2.45, 2.75) is 37.6 Å². The van der Waals surface area contributed by atoms with E-state index in [1.165, 1.54) is 11.3 Å². The van der Waals surface area contributed by atoms with E-state index >= 15 is 0 Å². The lowest BCUT2D eigenvalue weighted by atomic mass is 10.3. The van der Waals surface area contributed by atoms with Gasteiger partial charge in [-0.2, -0.15) is 0 Å². The Hall–Kier alpha value is -1.22. The van der Waals surface area contributed by atoms with E-state index in [4.69, 9.17) is 4.52 Å². The summed E-state index contributed by atoms with van der Waals surface area (Å²) in [5.74, 6) is 0.498. The van der Waals surface area contributed by atoms with Crippen molar-refractivity contribution in [3.8, 4) is 0 Å². The van der Waals surface area contributed by atoms with Crippen molar-refractivity contribution in [3.05, 3.63) is 34.5 Å². The molecule has 2 aromatic rings. The van der Waals surface area contributed by atoms with Crippen molar-refractivity contribution >= 4 is 21.4 Å². The highest BCUT2D eigenvalue weighted by atomic mass is 32.2. The van der Waals surface area contributed by atoms with Gasteiger partial charge in [-0.3, -0.25) is 0 Å². The molecule has 0 atom stereocenters. The van der Waals surface area contributed by atoms with Crippen LogP contribution in [0.15, 0.2) is 26.2 Å². The number of sulfonamides is 1. The predicted octanol–water partition coefficient (Wildman–Crippen LogP) is 2.02. The molecule has 0 aliphatic rings. The number of nitrogens with zero attached hydrogens (tertiary/aromatic N) is 1. The fourth-order valence-corrected chi connectivity index (χ4v) is 3.98. The van der Waals surface area contributed by atoms with Crippen molar-refractivity contribution in [1.29, 1.82) is 0 Å². The van der Waals surface area contributed by atoms with Crippen LogP contribution in [0.1, 0.15) is 30.4 Å². The lowest BCUT2D eigenvalue weighted by Gasteiger charge is -2.02. The molecule has 0 aromatic carbocycles. The van der Waals surface area contributed by atoms with Gasteiger partial charge in [-0.15, -0.1) is 11.3 Å². The second-order valence-electron chi connectivity index (χ2n) is 4.71. The van der Waals surface area contributed by atoms with Crippen LogP contribution in [-0.2, 0) is 23.1 Å². The Morgan fingerprint density at radius 2 is 2.14 bits per heavy atom. The van der Waals surface area contributed by atoms with Gasteiger partial charge in [0, 0.05) is 12.6 Å². The van der Waals surface area contributed by atoms with Gasteiger partial charge in [-0.05, 0) is 36.9 Å². The summed E-state index contributed by atoms with van der Waals surface area (Å²) in [5.41, 5.74) is 1.70. The molecule has 2 heterocycles. The smallest absolute Gasteiger partial charge is 0.250 e. The van der Waals surface area contributed by atoms with Gasteiger partial charge in [0.2, 0.25) is 10.0 Å². The molecule has 8 heteroatoms. The molecule has 0 saturated carbocycles. The summed E-state index contributed by atoms with van der Waals surface area (Å²) in [5, 5.41) is 8.82. The van der Waals surface area contributed by atoms with Crippen LogP contribution < -0.4 is 10.0 Å². The maximum absolute atomic E-state index is 12.2. The average molecular weight is 329 g/mol. The van der Waals surface area contributed by atoms with E-state index in [2.05, 4.69) is 22.1 Å². The van der Waals surface area contributed by atoms with E-state index in [1.807, 2.05) is 5.38 Å². The van der Waals surface area contributed by atoms with Crippen molar-refractivity contribution in [2.75, 3.05) is 6.54 Å². The van der Waals surface area contributed by atoms with Crippen LogP contribution >= 0.6 is 11.3 Å². The Bertz CT molecular complexity index is 676. The van der Waals surface area contributed by atoms with E-state index < -0.39 is 10.0 Å². The molecule has 0 unspecified atom stereocenters. The number of aromatic nitrogens is 1. The fraction of sp³-hybridized carbons (Fsp3) is 0.462. The summed E-state index contributed by atoms with van der Waals surface area (Å²) in [6, 6.07) is 3.40. The van der Waals surface area contributed by atoms with Gasteiger partial charge in [-0.25, -0.2) is 13.1 Å². The topological polar surface area (TPSA) is 84.2 Å². The maximum atomic E-state index is 12.2. The summed E-state index contributed by atoms with van der Waals surface area (Å²) in [7, 11) is -3.51. The van der Waals surface area contributed by atoms with Crippen molar-refractivity contribution in [1.82, 2.24) is 15.2 Å². The van der Waals surface area contributed by atoms with Crippen LogP contribution in [0.4, 0.5) is 0 Å². The first-order chi connectivity index (χ1) is 10.0. The van der Waals surface area contributed by atoms with E-state index in [-0.39, 0.29) is 6.54 Å². The normalized spacial score (nSPS) is 11.9. The summed E-state index contributed by atoms with van der Waals surface area (Å²) in [6.07, 6.45) is 1.05. The molecule has 0 aliphatic carbocycles. The van der Waals surface area contributed by atoms with Crippen molar-refractivity contribution in [2.24, 2.45) is 0 Å². The molecule has 116 valence electrons. The summed E-state index contributed by atoms with van der Waals surface area (Å²) in [4.78, 5) is 0. The van der Waals surface area contributed by atoms with Gasteiger partial charge >= 0.3 is 0 Å². The first-order valence-electron chi connectivity index (χ1n) is 6.71. The average Bonchev–Trinajstić information content (AvgIpc) is 3.06. The zero-order valence-electron chi connectivity index (χ0n) is 12.0. The minimum Gasteiger partial charge on any atom is -0.360 e. The van der Waals surface area contributed by atoms with Crippen molar-refractivity contribution in [3.63, 3.8) is 0 Å². The molecular formula is C13H19N3O3S2. The molecule has 0 bridgehead atoms. The number of hydrogen-bond donors (Lipinski definition) is 2. The minimum absolute atomic E-state index is 0.102. The van der Waals surface area contributed by atoms with E-state index in [1.54, 1.807) is 19.1 Å². The van der Waals surface area contributed by atoms with E-state index in [0.717, 1.165) is 24.2 Å². The van der Waals surface area contributed by atoms with Gasteiger partial charge in [0.15, 0.2) is 5.76 Å². The molecule has 6 nitrogen and oxygen atoms in total. The molecular weight excluding hydrogens is 310 g/mol. The fourth-order valence-electron chi connectivity index (χ4n) is 1.73. The van der Waals surface area contributed by atoms with Crippen LogP contribution in [0.3, 0.4) is 0 Å². The standard InChI is InChI=1S/C13H19N3O3S2/c1-3-4-14-7-11-6-13(20-9-11)21(17,18)15-8-12-5-10(2)16-19-12/h5-6,9,14-15H,3-4,7-8H2,1-2H3. The van der Waals surface area contributed by atoms with Crippen LogP contribution in [0.5, 0.6) is 0 Å². The second-order valence-corrected chi connectivity index (χ2v) is 7.61. The van der Waals surface area contributed by atoms with E-state index in [0.29, 0.717) is 16.5 Å². The lowest BCUT2D eigenvalue weighted by molar-refractivity contribution is 0.377. The first-order valence-corrected chi connectivity index (χ1v) is 9.07. The Morgan fingerprint density at radius 3 is 2.81 bits per heavy atom. The zero-order valence-corrected chi connectivity index (χ0v) is 13.7. The Balaban J connectivity index is 1.95. The molecule has 0 aliphatic heterocycles. The van der Waals surface area contributed by atoms with E-state index in [9.17, 15) is 8.42 Å². The molecule has 2 aromatic heterocycles. The first kappa shape index (κ1) is 16.2. The number of hydrogen-bond acceptors (Lipinski definition) is 6. The second kappa shape index (κ2) is 7.17. The van der Waals surface area contributed by atoms with Crippen LogP contribution in [0.25, 0.3) is 0 Å². The third kappa shape index (κ3) is 4.63. The Labute approximate surface area is 128 Å². The molecule has 0 saturated heterocycles. The summed E-state index contributed by atoms with van der Waals surface area (Å²) >= 11 is 1.22. The Morgan fingerprint density at radius 1 is 1.33 bits per heavy atom. The molecule has 0 spiro atoms. The SMILES string of the molecule is CCCNCc1csc(S(=O)(=O)NCc2cc(C)no2)c1. The van der Waals surface area contributed by atoms with Gasteiger partial charge < -0.3 is 9.84 Å². The number of nitrogens with one attached hydrogen (secondary N) is 2. The minimum atomic E-state index is -3.51. The van der Waals surface area contributed by atoms with Gasteiger partial charge in [-0.1, -0.05) is 12.1 Å². The number of rotatable bonds is 8. The largest absolute Gasteiger partial charge is 0.360 e. The third-order valence-corrected chi connectivity index (χ3v) is 5.65. The highest BCUT2D eigenvalue weighted by molar-refractivity contribution is 7.91. The van der Waals surface area contributed by atoms with Crippen molar-refractivity contribution < 1.29 is 12.9 Å². The molecule has 0 amide bonds. The lowest BCUT2D eigenvalue weighted by Crippen LogP contribution is -2.22. The summed E-state index contributed by atoms with van der Waals surface area (Å²) in [6.45, 7) is 5.58. The molecule has 2 N–H and O–H groups in total. The molecule has 0 fully saturated rings. The quantitative estimate of drug-likeness (QED) is 0.724. The summed E-state index contributed by atoms with van der Waals surface area (Å²) < 4.78 is 32.2. The highest BCUT2D eigenvalue weighted by Crippen LogP contribution is 2.20. The van der Waals surface area contributed by atoms with Crippen LogP contribution in [0, 0.1) is 6.92 Å². The number of aryl methyl sites for hydroxylation is 1. The van der Waals surface area contributed by atoms with Gasteiger partial charge in [0.05, 0.1) is 12.2 Å². The van der Waals surface area contributed by atoms with Gasteiger partial charge in [0.1, 0.15) is 4.21 Å². The Kier molecular flexibility index (Phi) is 5.51. The predicted molar refractivity (Wildman–Crippen MR) is 81.6 cm³/mol. The van der Waals surface area contributed by atoms with Crippen LogP contribution in [-0.4, -0.2) is 20.1 Å². The molecule has 21 heavy (non-hydrogen) atoms. The maximum Gasteiger partial charge on any atom is 0.250 e. The monoisotopic (exact) mass is 329 g/mol. The third-order valence-electron chi connectivity index (χ3n) is 2.76. The molecule has 0 radical (unpaired) electrons. The van der Waals surface area contributed by atoms with Gasteiger partial charge in [0.25, 0.3) is 0 Å².